The first kappa shape index (κ1) is 15.4. The predicted molar refractivity (Wildman–Crippen MR) is 68.9 cm³/mol. The highest BCUT2D eigenvalue weighted by molar-refractivity contribution is 5.81. The SMILES string of the molecule is CCOC(=O)[C@](O)(c1ccc([C@@H]2C[C@H]2C2CC2)o1)C(F)(F)F. The summed E-state index contributed by atoms with van der Waals surface area (Å²) in [4.78, 5) is 11.6. The molecule has 1 aromatic rings. The zero-order valence-corrected chi connectivity index (χ0v) is 12.0. The molecule has 4 nitrogen and oxygen atoms in total. The minimum atomic E-state index is -5.21. The Bertz CT molecular complexity index is 576. The lowest BCUT2D eigenvalue weighted by Crippen LogP contribution is -2.50. The lowest BCUT2D eigenvalue weighted by atomic mass is 10.0. The van der Waals surface area contributed by atoms with Gasteiger partial charge in [0.2, 0.25) is 0 Å². The molecular weight excluding hydrogens is 301 g/mol. The smallest absolute Gasteiger partial charge is 0.435 e. The summed E-state index contributed by atoms with van der Waals surface area (Å²) in [5.41, 5.74) is -3.76. The van der Waals surface area contributed by atoms with Crippen molar-refractivity contribution in [3.05, 3.63) is 23.7 Å². The monoisotopic (exact) mass is 318 g/mol. The van der Waals surface area contributed by atoms with E-state index in [-0.39, 0.29) is 12.5 Å². The summed E-state index contributed by atoms with van der Waals surface area (Å²) in [7, 11) is 0. The molecule has 0 unspecified atom stereocenters. The molecule has 1 heterocycles. The van der Waals surface area contributed by atoms with Gasteiger partial charge in [-0.2, -0.15) is 13.2 Å². The van der Waals surface area contributed by atoms with Crippen molar-refractivity contribution in [2.24, 2.45) is 11.8 Å². The van der Waals surface area contributed by atoms with E-state index in [2.05, 4.69) is 4.74 Å². The van der Waals surface area contributed by atoms with Gasteiger partial charge in [-0.15, -0.1) is 0 Å². The zero-order valence-electron chi connectivity index (χ0n) is 12.0. The maximum absolute atomic E-state index is 13.2. The number of hydrogen-bond acceptors (Lipinski definition) is 4. The average Bonchev–Trinajstić information content (AvgIpc) is 3.33. The predicted octanol–water partition coefficient (Wildman–Crippen LogP) is 3.11. The van der Waals surface area contributed by atoms with E-state index >= 15 is 0 Å². The number of furan rings is 1. The van der Waals surface area contributed by atoms with E-state index in [1.807, 2.05) is 0 Å². The van der Waals surface area contributed by atoms with Crippen molar-refractivity contribution in [1.29, 1.82) is 0 Å². The molecule has 22 heavy (non-hydrogen) atoms. The lowest BCUT2D eigenvalue weighted by Gasteiger charge is -2.25. The molecule has 0 spiro atoms. The molecule has 2 aliphatic carbocycles. The van der Waals surface area contributed by atoms with Crippen molar-refractivity contribution < 1.29 is 32.2 Å². The van der Waals surface area contributed by atoms with Gasteiger partial charge in [0.15, 0.2) is 5.76 Å². The summed E-state index contributed by atoms with van der Waals surface area (Å²) in [6.07, 6.45) is -2.01. The average molecular weight is 318 g/mol. The normalized spacial score (nSPS) is 27.3. The van der Waals surface area contributed by atoms with Gasteiger partial charge in [-0.05, 0) is 50.2 Å². The fourth-order valence-electron chi connectivity index (χ4n) is 2.93. The van der Waals surface area contributed by atoms with Gasteiger partial charge in [0, 0.05) is 5.92 Å². The van der Waals surface area contributed by atoms with Crippen LogP contribution in [0, 0.1) is 11.8 Å². The van der Waals surface area contributed by atoms with E-state index in [1.165, 1.54) is 13.0 Å². The Morgan fingerprint density at radius 3 is 2.64 bits per heavy atom. The Morgan fingerprint density at radius 1 is 1.41 bits per heavy atom. The molecule has 7 heteroatoms. The molecule has 2 aliphatic rings. The molecule has 2 fully saturated rings. The molecule has 122 valence electrons. The highest BCUT2D eigenvalue weighted by atomic mass is 19.4. The molecule has 3 rings (SSSR count). The molecule has 0 amide bonds. The number of esters is 1. The Hall–Kier alpha value is -1.50. The molecule has 1 N–H and O–H groups in total. The van der Waals surface area contributed by atoms with Gasteiger partial charge in [0.05, 0.1) is 6.61 Å². The Kier molecular flexibility index (Phi) is 3.51. The third-order valence-corrected chi connectivity index (χ3v) is 4.40. The molecular formula is C15H17F3O4. The van der Waals surface area contributed by atoms with Crippen LogP contribution in [-0.2, 0) is 15.1 Å². The van der Waals surface area contributed by atoms with Crippen LogP contribution in [0.4, 0.5) is 13.2 Å². The Balaban J connectivity index is 1.85. The molecule has 0 radical (unpaired) electrons. The molecule has 0 saturated heterocycles. The number of ether oxygens (including phenoxy) is 1. The topological polar surface area (TPSA) is 59.7 Å². The van der Waals surface area contributed by atoms with Gasteiger partial charge in [0.25, 0.3) is 0 Å². The number of aliphatic hydroxyl groups is 1. The van der Waals surface area contributed by atoms with E-state index in [1.54, 1.807) is 0 Å². The Morgan fingerprint density at radius 2 is 2.09 bits per heavy atom. The first-order valence-electron chi connectivity index (χ1n) is 7.35. The van der Waals surface area contributed by atoms with Crippen LogP contribution in [0.3, 0.4) is 0 Å². The first-order chi connectivity index (χ1) is 10.3. The second-order valence-electron chi connectivity index (χ2n) is 5.97. The van der Waals surface area contributed by atoms with Crippen LogP contribution in [0.5, 0.6) is 0 Å². The van der Waals surface area contributed by atoms with E-state index < -0.39 is 23.5 Å². The lowest BCUT2D eigenvalue weighted by molar-refractivity contribution is -0.272. The third-order valence-electron chi connectivity index (χ3n) is 4.40. The summed E-state index contributed by atoms with van der Waals surface area (Å²) < 4.78 is 49.2. The van der Waals surface area contributed by atoms with Crippen LogP contribution in [-0.4, -0.2) is 23.9 Å². The largest absolute Gasteiger partial charge is 0.463 e. The quantitative estimate of drug-likeness (QED) is 0.848. The van der Waals surface area contributed by atoms with E-state index in [0.717, 1.165) is 25.3 Å². The van der Waals surface area contributed by atoms with Crippen LogP contribution in [0.2, 0.25) is 0 Å². The molecule has 3 atom stereocenters. The molecule has 0 aromatic carbocycles. The first-order valence-corrected chi connectivity index (χ1v) is 7.35. The fraction of sp³-hybridized carbons (Fsp3) is 0.667. The van der Waals surface area contributed by atoms with Gasteiger partial charge in [-0.1, -0.05) is 0 Å². The van der Waals surface area contributed by atoms with Gasteiger partial charge in [-0.3, -0.25) is 0 Å². The number of hydrogen-bond donors (Lipinski definition) is 1. The summed E-state index contributed by atoms with van der Waals surface area (Å²) in [6.45, 7) is 1.10. The van der Waals surface area contributed by atoms with E-state index in [4.69, 9.17) is 4.42 Å². The molecule has 2 saturated carbocycles. The highest BCUT2D eigenvalue weighted by Gasteiger charge is 2.64. The molecule has 0 bridgehead atoms. The minimum absolute atomic E-state index is 0.0981. The fourth-order valence-corrected chi connectivity index (χ4v) is 2.93. The second-order valence-corrected chi connectivity index (χ2v) is 5.97. The minimum Gasteiger partial charge on any atom is -0.463 e. The number of alkyl halides is 3. The van der Waals surface area contributed by atoms with Crippen LogP contribution in [0.1, 0.15) is 43.6 Å². The number of carbonyl (C=O) groups is 1. The van der Waals surface area contributed by atoms with Crippen LogP contribution >= 0.6 is 0 Å². The van der Waals surface area contributed by atoms with Gasteiger partial charge < -0.3 is 14.3 Å². The summed E-state index contributed by atoms with van der Waals surface area (Å²) >= 11 is 0. The highest BCUT2D eigenvalue weighted by Crippen LogP contribution is 2.59. The number of carbonyl (C=O) groups excluding carboxylic acids is 1. The van der Waals surface area contributed by atoms with Crippen LogP contribution < -0.4 is 0 Å². The van der Waals surface area contributed by atoms with Crippen molar-refractivity contribution >= 4 is 5.97 Å². The van der Waals surface area contributed by atoms with Crippen molar-refractivity contribution in [1.82, 2.24) is 0 Å². The van der Waals surface area contributed by atoms with Gasteiger partial charge in [-0.25, -0.2) is 4.79 Å². The van der Waals surface area contributed by atoms with E-state index in [0.29, 0.717) is 17.6 Å². The third kappa shape index (κ3) is 2.41. The maximum atomic E-state index is 13.2. The van der Waals surface area contributed by atoms with Gasteiger partial charge in [0.1, 0.15) is 5.76 Å². The summed E-state index contributed by atoms with van der Waals surface area (Å²) in [5.74, 6) is -0.988. The summed E-state index contributed by atoms with van der Waals surface area (Å²) in [5, 5.41) is 9.93. The van der Waals surface area contributed by atoms with Crippen molar-refractivity contribution in [3.63, 3.8) is 0 Å². The number of rotatable bonds is 5. The van der Waals surface area contributed by atoms with Crippen molar-refractivity contribution in [2.45, 2.75) is 43.9 Å². The summed E-state index contributed by atoms with van der Waals surface area (Å²) in [6, 6.07) is 2.43. The maximum Gasteiger partial charge on any atom is 0.435 e. The second kappa shape index (κ2) is 5.01. The van der Waals surface area contributed by atoms with Crippen molar-refractivity contribution in [3.8, 4) is 0 Å². The van der Waals surface area contributed by atoms with Crippen LogP contribution in [0.25, 0.3) is 0 Å². The standard InChI is InChI=1S/C15H17F3O4/c1-2-21-13(19)14(20,15(16,17)18)12-6-5-11(22-12)10-7-9(10)8-3-4-8/h5-6,8-10,20H,2-4,7H2,1H3/t9-,10+,14+/m0/s1. The number of halogens is 3. The molecule has 1 aromatic heterocycles. The van der Waals surface area contributed by atoms with Crippen molar-refractivity contribution in [2.75, 3.05) is 6.61 Å². The zero-order chi connectivity index (χ0) is 16.1. The van der Waals surface area contributed by atoms with E-state index in [9.17, 15) is 23.1 Å². The molecule has 0 aliphatic heterocycles. The van der Waals surface area contributed by atoms with Gasteiger partial charge >= 0.3 is 17.7 Å². The van der Waals surface area contributed by atoms with Crippen LogP contribution in [0.15, 0.2) is 16.5 Å². The Labute approximate surface area is 125 Å².